The molecule has 0 aromatic carbocycles. The van der Waals surface area contributed by atoms with Gasteiger partial charge in [-0.05, 0) is 18.3 Å². The van der Waals surface area contributed by atoms with Crippen molar-refractivity contribution in [3.8, 4) is 0 Å². The molecule has 2 amide bonds. The van der Waals surface area contributed by atoms with Crippen LogP contribution in [0, 0.1) is 11.8 Å². The van der Waals surface area contributed by atoms with Crippen LogP contribution in [0.3, 0.4) is 0 Å². The zero-order chi connectivity index (χ0) is 20.4. The van der Waals surface area contributed by atoms with E-state index in [1.165, 1.54) is 11.3 Å². The molecule has 0 spiro atoms. The number of alkyl carbamates (subject to hydrolysis) is 1. The van der Waals surface area contributed by atoms with E-state index in [1.807, 2.05) is 34.6 Å². The predicted octanol–water partition coefficient (Wildman–Crippen LogP) is 3.29. The molecule has 1 aromatic rings. The van der Waals surface area contributed by atoms with E-state index in [9.17, 15) is 14.4 Å². The van der Waals surface area contributed by atoms with Gasteiger partial charge in [0.15, 0.2) is 0 Å². The van der Waals surface area contributed by atoms with Crippen LogP contribution < -0.4 is 10.6 Å². The summed E-state index contributed by atoms with van der Waals surface area (Å²) in [5, 5.41) is 6.94. The smallest absolute Gasteiger partial charge is 0.408 e. The molecule has 27 heavy (non-hydrogen) atoms. The maximum Gasteiger partial charge on any atom is 0.408 e. The standard InChI is InChI=1S/C19H31N3O4S/c1-6-7-8-15(22-19(25)26-17(12(2)3)13(4)5)16(23)18(24)20-9-14-10-27-11-21-14/h10-13,15,17H,6-9H2,1-5H3,(H,20,24)(H,22,25)/t15-/m0/s1. The second kappa shape index (κ2) is 11.7. The third kappa shape index (κ3) is 8.07. The molecule has 0 saturated heterocycles. The zero-order valence-corrected chi connectivity index (χ0v) is 17.6. The molecule has 1 aromatic heterocycles. The normalized spacial score (nSPS) is 12.3. The first-order chi connectivity index (χ1) is 12.8. The highest BCUT2D eigenvalue weighted by Crippen LogP contribution is 2.16. The van der Waals surface area contributed by atoms with Crippen molar-refractivity contribution in [2.45, 2.75) is 72.6 Å². The molecular weight excluding hydrogens is 366 g/mol. The summed E-state index contributed by atoms with van der Waals surface area (Å²) in [6.07, 6.45) is 1.03. The van der Waals surface area contributed by atoms with Crippen molar-refractivity contribution in [1.29, 1.82) is 0 Å². The van der Waals surface area contributed by atoms with E-state index in [4.69, 9.17) is 4.74 Å². The Kier molecular flexibility index (Phi) is 9.99. The van der Waals surface area contributed by atoms with Crippen LogP contribution in [0.4, 0.5) is 4.79 Å². The van der Waals surface area contributed by atoms with Crippen LogP contribution in [0.2, 0.25) is 0 Å². The Balaban J connectivity index is 2.67. The van der Waals surface area contributed by atoms with Crippen molar-refractivity contribution in [1.82, 2.24) is 15.6 Å². The van der Waals surface area contributed by atoms with Gasteiger partial charge in [-0.3, -0.25) is 9.59 Å². The summed E-state index contributed by atoms with van der Waals surface area (Å²) in [4.78, 5) is 41.0. The minimum Gasteiger partial charge on any atom is -0.446 e. The monoisotopic (exact) mass is 397 g/mol. The molecule has 2 N–H and O–H groups in total. The second-order valence-electron chi connectivity index (χ2n) is 7.22. The van der Waals surface area contributed by atoms with E-state index in [0.717, 1.165) is 6.42 Å². The second-order valence-corrected chi connectivity index (χ2v) is 7.94. The van der Waals surface area contributed by atoms with Gasteiger partial charge in [0.1, 0.15) is 12.1 Å². The van der Waals surface area contributed by atoms with Gasteiger partial charge in [-0.2, -0.15) is 0 Å². The van der Waals surface area contributed by atoms with Crippen LogP contribution in [0.1, 0.15) is 59.6 Å². The van der Waals surface area contributed by atoms with Gasteiger partial charge in [0.25, 0.3) is 5.91 Å². The van der Waals surface area contributed by atoms with Crippen LogP contribution in [0.15, 0.2) is 10.9 Å². The van der Waals surface area contributed by atoms with E-state index in [0.29, 0.717) is 18.5 Å². The minimum absolute atomic E-state index is 0.155. The molecule has 0 fully saturated rings. The Hall–Kier alpha value is -1.96. The molecule has 1 atom stereocenters. The Morgan fingerprint density at radius 3 is 2.37 bits per heavy atom. The Morgan fingerprint density at radius 1 is 1.19 bits per heavy atom. The third-order valence-corrected chi connectivity index (χ3v) is 4.78. The van der Waals surface area contributed by atoms with Gasteiger partial charge in [-0.25, -0.2) is 9.78 Å². The zero-order valence-electron chi connectivity index (χ0n) is 16.8. The van der Waals surface area contributed by atoms with E-state index in [2.05, 4.69) is 15.6 Å². The number of amides is 2. The molecule has 152 valence electrons. The van der Waals surface area contributed by atoms with E-state index < -0.39 is 23.8 Å². The third-order valence-electron chi connectivity index (χ3n) is 4.15. The van der Waals surface area contributed by atoms with Gasteiger partial charge in [0.05, 0.1) is 17.7 Å². The first-order valence-corrected chi connectivity index (χ1v) is 10.4. The topological polar surface area (TPSA) is 97.4 Å². The Labute approximate surface area is 165 Å². The molecule has 1 heterocycles. The summed E-state index contributed by atoms with van der Waals surface area (Å²) in [7, 11) is 0. The summed E-state index contributed by atoms with van der Waals surface area (Å²) >= 11 is 1.41. The van der Waals surface area contributed by atoms with Crippen LogP contribution in [0.5, 0.6) is 0 Å². The summed E-state index contributed by atoms with van der Waals surface area (Å²) in [5.41, 5.74) is 2.35. The fraction of sp³-hybridized carbons (Fsp3) is 0.684. The number of aromatic nitrogens is 1. The molecule has 0 bridgehead atoms. The summed E-state index contributed by atoms with van der Waals surface area (Å²) in [6.45, 7) is 10.1. The molecule has 0 aliphatic heterocycles. The number of ketones is 1. The molecule has 8 heteroatoms. The largest absolute Gasteiger partial charge is 0.446 e. The van der Waals surface area contributed by atoms with Crippen molar-refractivity contribution in [3.05, 3.63) is 16.6 Å². The van der Waals surface area contributed by atoms with E-state index in [1.54, 1.807) is 10.9 Å². The number of ether oxygens (including phenoxy) is 1. The fourth-order valence-electron chi connectivity index (χ4n) is 2.76. The molecule has 0 aliphatic carbocycles. The number of nitrogens with one attached hydrogen (secondary N) is 2. The average molecular weight is 398 g/mol. The molecule has 0 unspecified atom stereocenters. The molecule has 1 rings (SSSR count). The van der Waals surface area contributed by atoms with Crippen LogP contribution in [-0.4, -0.2) is 34.9 Å². The summed E-state index contributed by atoms with van der Waals surface area (Å²) in [6, 6.07) is -0.896. The van der Waals surface area contributed by atoms with Gasteiger partial charge in [0.2, 0.25) is 5.78 Å². The Morgan fingerprint density at radius 2 is 1.85 bits per heavy atom. The summed E-state index contributed by atoms with van der Waals surface area (Å²) in [5.74, 6) is -1.08. The number of thiazole rings is 1. The Bertz CT molecular complexity index is 594. The molecule has 0 aliphatic rings. The number of hydrogen-bond acceptors (Lipinski definition) is 6. The highest BCUT2D eigenvalue weighted by atomic mass is 32.1. The predicted molar refractivity (Wildman–Crippen MR) is 105 cm³/mol. The first-order valence-electron chi connectivity index (χ1n) is 9.42. The number of hydrogen-bond donors (Lipinski definition) is 2. The van der Waals surface area contributed by atoms with Gasteiger partial charge in [-0.15, -0.1) is 11.3 Å². The van der Waals surface area contributed by atoms with Gasteiger partial charge in [-0.1, -0.05) is 47.5 Å². The minimum atomic E-state index is -0.896. The first kappa shape index (κ1) is 23.1. The maximum atomic E-state index is 12.5. The van der Waals surface area contributed by atoms with Gasteiger partial charge in [0, 0.05) is 5.38 Å². The van der Waals surface area contributed by atoms with Crippen LogP contribution >= 0.6 is 11.3 Å². The van der Waals surface area contributed by atoms with Crippen molar-refractivity contribution in [2.75, 3.05) is 0 Å². The van der Waals surface area contributed by atoms with Crippen molar-refractivity contribution < 1.29 is 19.1 Å². The van der Waals surface area contributed by atoms with Crippen molar-refractivity contribution in [2.24, 2.45) is 11.8 Å². The molecular formula is C19H31N3O4S. The lowest BCUT2D eigenvalue weighted by atomic mass is 9.96. The lowest BCUT2D eigenvalue weighted by Crippen LogP contribution is -2.48. The van der Waals surface area contributed by atoms with E-state index >= 15 is 0 Å². The van der Waals surface area contributed by atoms with Crippen molar-refractivity contribution >= 4 is 29.1 Å². The molecule has 7 nitrogen and oxygen atoms in total. The number of rotatable bonds is 11. The quantitative estimate of drug-likeness (QED) is 0.558. The van der Waals surface area contributed by atoms with Crippen LogP contribution in [-0.2, 0) is 20.9 Å². The van der Waals surface area contributed by atoms with Gasteiger partial charge < -0.3 is 15.4 Å². The lowest BCUT2D eigenvalue weighted by molar-refractivity contribution is -0.139. The SMILES string of the molecule is CCCC[C@H](NC(=O)OC(C(C)C)C(C)C)C(=O)C(=O)NCc1cscn1. The number of carbonyl (C=O) groups is 3. The number of carbonyl (C=O) groups excluding carboxylic acids is 3. The van der Waals surface area contributed by atoms with E-state index in [-0.39, 0.29) is 24.5 Å². The highest BCUT2D eigenvalue weighted by Gasteiger charge is 2.29. The molecule has 0 radical (unpaired) electrons. The highest BCUT2D eigenvalue weighted by molar-refractivity contribution is 7.07. The summed E-state index contributed by atoms with van der Waals surface area (Å²) < 4.78 is 5.49. The van der Waals surface area contributed by atoms with Gasteiger partial charge >= 0.3 is 6.09 Å². The average Bonchev–Trinajstić information content (AvgIpc) is 3.13. The lowest BCUT2D eigenvalue weighted by Gasteiger charge is -2.26. The number of unbranched alkanes of at least 4 members (excludes halogenated alkanes) is 1. The van der Waals surface area contributed by atoms with Crippen molar-refractivity contribution in [3.63, 3.8) is 0 Å². The number of Topliss-reactive ketones (excluding diaryl/α,β-unsaturated/α-hetero) is 1. The van der Waals surface area contributed by atoms with Crippen LogP contribution in [0.25, 0.3) is 0 Å². The fourth-order valence-corrected chi connectivity index (χ4v) is 3.32. The number of nitrogens with zero attached hydrogens (tertiary/aromatic N) is 1. The molecule has 0 saturated carbocycles. The maximum absolute atomic E-state index is 12.5.